The molecule has 3 heterocycles. The van der Waals surface area contributed by atoms with E-state index in [9.17, 15) is 13.2 Å². The van der Waals surface area contributed by atoms with Crippen molar-refractivity contribution in [3.05, 3.63) is 46.7 Å². The van der Waals surface area contributed by atoms with Gasteiger partial charge in [-0.05, 0) is 59.5 Å². The summed E-state index contributed by atoms with van der Waals surface area (Å²) >= 11 is 2.83. The van der Waals surface area contributed by atoms with Gasteiger partial charge in [0.05, 0.1) is 15.1 Å². The largest absolute Gasteiger partial charge is 0.298 e. The molecule has 1 aliphatic heterocycles. The molecule has 1 amide bonds. The minimum Gasteiger partial charge on any atom is -0.298 e. The third kappa shape index (κ3) is 3.96. The molecular weight excluding hydrogens is 402 g/mol. The van der Waals surface area contributed by atoms with Gasteiger partial charge in [0.1, 0.15) is 0 Å². The molecule has 140 valence electrons. The van der Waals surface area contributed by atoms with Crippen LogP contribution in [0.2, 0.25) is 0 Å². The van der Waals surface area contributed by atoms with Crippen molar-refractivity contribution in [1.29, 1.82) is 0 Å². The molecule has 0 unspecified atom stereocenters. The second-order valence-electron chi connectivity index (χ2n) is 6.14. The molecule has 2 aromatic heterocycles. The quantitative estimate of drug-likeness (QED) is 0.638. The van der Waals surface area contributed by atoms with Crippen molar-refractivity contribution in [2.75, 3.05) is 18.4 Å². The predicted octanol–water partition coefficient (Wildman–Crippen LogP) is 3.79. The predicted molar refractivity (Wildman–Crippen MR) is 110 cm³/mol. The minimum atomic E-state index is -3.46. The first-order valence-corrected chi connectivity index (χ1v) is 11.6. The fraction of sp³-hybridized carbons (Fsp3) is 0.222. The van der Waals surface area contributed by atoms with E-state index in [0.717, 1.165) is 23.1 Å². The Balaban J connectivity index is 1.53. The summed E-state index contributed by atoms with van der Waals surface area (Å²) in [6.45, 7) is 1.14. The van der Waals surface area contributed by atoms with Gasteiger partial charge >= 0.3 is 0 Å². The third-order valence-corrected chi connectivity index (χ3v) is 7.79. The second-order valence-corrected chi connectivity index (χ2v) is 9.89. The van der Waals surface area contributed by atoms with Gasteiger partial charge in [-0.15, -0.1) is 0 Å². The molecule has 0 radical (unpaired) electrons. The van der Waals surface area contributed by atoms with E-state index < -0.39 is 10.0 Å². The van der Waals surface area contributed by atoms with Crippen LogP contribution >= 0.6 is 22.7 Å². The van der Waals surface area contributed by atoms with E-state index in [2.05, 4.69) is 10.3 Å². The van der Waals surface area contributed by atoms with Crippen molar-refractivity contribution >= 4 is 60.0 Å². The van der Waals surface area contributed by atoms with Crippen molar-refractivity contribution in [2.45, 2.75) is 17.7 Å². The Kier molecular flexibility index (Phi) is 5.09. The lowest BCUT2D eigenvalue weighted by molar-refractivity contribution is -0.111. The molecule has 1 fully saturated rings. The van der Waals surface area contributed by atoms with Crippen LogP contribution in [0.5, 0.6) is 0 Å². The SMILES string of the molecule is O=C(/C=C\c1ccsc1)Nc1nc2ccc(S(=O)(=O)N3CCCC3)cc2s1. The summed E-state index contributed by atoms with van der Waals surface area (Å²) < 4.78 is 27.6. The number of aromatic nitrogens is 1. The Bertz CT molecular complexity index is 1100. The van der Waals surface area contributed by atoms with E-state index in [0.29, 0.717) is 23.7 Å². The summed E-state index contributed by atoms with van der Waals surface area (Å²) in [4.78, 5) is 16.7. The van der Waals surface area contributed by atoms with Gasteiger partial charge in [0.2, 0.25) is 15.9 Å². The van der Waals surface area contributed by atoms with E-state index in [1.165, 1.54) is 21.7 Å². The summed E-state index contributed by atoms with van der Waals surface area (Å²) in [6, 6.07) is 6.83. The molecule has 1 saturated heterocycles. The van der Waals surface area contributed by atoms with Crippen LogP contribution in [0.3, 0.4) is 0 Å². The minimum absolute atomic E-state index is 0.273. The molecule has 1 N–H and O–H groups in total. The number of sulfonamides is 1. The molecule has 0 aliphatic carbocycles. The van der Waals surface area contributed by atoms with Crippen LogP contribution in [0.1, 0.15) is 18.4 Å². The van der Waals surface area contributed by atoms with Crippen molar-refractivity contribution < 1.29 is 13.2 Å². The van der Waals surface area contributed by atoms with Crippen LogP contribution < -0.4 is 5.32 Å². The first-order valence-electron chi connectivity index (χ1n) is 8.44. The molecule has 0 atom stereocenters. The number of rotatable bonds is 5. The highest BCUT2D eigenvalue weighted by Crippen LogP contribution is 2.30. The maximum Gasteiger partial charge on any atom is 0.250 e. The molecule has 4 rings (SSSR count). The van der Waals surface area contributed by atoms with E-state index in [1.54, 1.807) is 35.6 Å². The van der Waals surface area contributed by atoms with Crippen LogP contribution in [0.15, 0.2) is 46.0 Å². The normalized spacial score (nSPS) is 15.7. The maximum atomic E-state index is 12.7. The number of carbonyl (C=O) groups excluding carboxylic acids is 1. The molecule has 1 aromatic carbocycles. The van der Waals surface area contributed by atoms with E-state index in [4.69, 9.17) is 0 Å². The molecule has 3 aromatic rings. The average molecular weight is 420 g/mol. The van der Waals surface area contributed by atoms with E-state index >= 15 is 0 Å². The number of benzene rings is 1. The summed E-state index contributed by atoms with van der Waals surface area (Å²) in [5, 5.41) is 7.07. The van der Waals surface area contributed by atoms with Crippen molar-refractivity contribution in [3.8, 4) is 0 Å². The number of amides is 1. The highest BCUT2D eigenvalue weighted by atomic mass is 32.2. The van der Waals surface area contributed by atoms with Crippen molar-refractivity contribution in [3.63, 3.8) is 0 Å². The fourth-order valence-electron chi connectivity index (χ4n) is 2.89. The van der Waals surface area contributed by atoms with Gasteiger partial charge in [0.25, 0.3) is 0 Å². The number of fused-ring (bicyclic) bond motifs is 1. The van der Waals surface area contributed by atoms with Crippen LogP contribution in [-0.2, 0) is 14.8 Å². The standard InChI is InChI=1S/C18H17N3O3S3/c22-17(6-3-13-7-10-25-12-13)20-18-19-15-5-4-14(11-16(15)26-18)27(23,24)21-8-1-2-9-21/h3-7,10-12H,1-2,8-9H2,(H,19,20,22)/b6-3-. The number of nitrogens with zero attached hydrogens (tertiary/aromatic N) is 2. The molecule has 6 nitrogen and oxygen atoms in total. The lowest BCUT2D eigenvalue weighted by Crippen LogP contribution is -2.27. The van der Waals surface area contributed by atoms with Crippen LogP contribution in [0.25, 0.3) is 16.3 Å². The topological polar surface area (TPSA) is 79.4 Å². The first-order chi connectivity index (χ1) is 13.0. The average Bonchev–Trinajstić information content (AvgIpc) is 3.39. The number of thiophene rings is 1. The van der Waals surface area contributed by atoms with Gasteiger partial charge in [-0.25, -0.2) is 13.4 Å². The lowest BCUT2D eigenvalue weighted by Gasteiger charge is -2.15. The number of thiazole rings is 1. The van der Waals surface area contributed by atoms with Crippen LogP contribution in [0, 0.1) is 0 Å². The summed E-state index contributed by atoms with van der Waals surface area (Å²) in [6.07, 6.45) is 4.99. The zero-order chi connectivity index (χ0) is 18.9. The molecular formula is C18H17N3O3S3. The number of carbonyl (C=O) groups is 1. The van der Waals surface area contributed by atoms with Crippen molar-refractivity contribution in [1.82, 2.24) is 9.29 Å². The van der Waals surface area contributed by atoms with Crippen molar-refractivity contribution in [2.24, 2.45) is 0 Å². The highest BCUT2D eigenvalue weighted by molar-refractivity contribution is 7.89. The number of hydrogen-bond donors (Lipinski definition) is 1. The maximum absolute atomic E-state index is 12.7. The summed E-state index contributed by atoms with van der Waals surface area (Å²) in [7, 11) is -3.46. The number of nitrogens with one attached hydrogen (secondary N) is 1. The molecule has 1 aliphatic rings. The van der Waals surface area contributed by atoms with Gasteiger partial charge in [-0.3, -0.25) is 10.1 Å². The Morgan fingerprint density at radius 3 is 2.78 bits per heavy atom. The second kappa shape index (κ2) is 7.51. The molecule has 9 heteroatoms. The highest BCUT2D eigenvalue weighted by Gasteiger charge is 2.27. The van der Waals surface area contributed by atoms with Crippen LogP contribution in [0.4, 0.5) is 5.13 Å². The Morgan fingerprint density at radius 2 is 2.04 bits per heavy atom. The lowest BCUT2D eigenvalue weighted by atomic mass is 10.3. The Morgan fingerprint density at radius 1 is 1.22 bits per heavy atom. The summed E-state index contributed by atoms with van der Waals surface area (Å²) in [5.41, 5.74) is 1.63. The number of hydrogen-bond acceptors (Lipinski definition) is 6. The fourth-order valence-corrected chi connectivity index (χ4v) is 6.04. The summed E-state index contributed by atoms with van der Waals surface area (Å²) in [5.74, 6) is -0.273. The number of anilines is 1. The molecule has 0 spiro atoms. The zero-order valence-corrected chi connectivity index (χ0v) is 16.7. The smallest absolute Gasteiger partial charge is 0.250 e. The zero-order valence-electron chi connectivity index (χ0n) is 14.3. The molecule has 27 heavy (non-hydrogen) atoms. The van der Waals surface area contributed by atoms with Gasteiger partial charge in [-0.1, -0.05) is 11.3 Å². The Hall–Kier alpha value is -2.07. The Labute approximate surface area is 165 Å². The van der Waals surface area contributed by atoms with E-state index in [1.807, 2.05) is 16.8 Å². The first kappa shape index (κ1) is 18.3. The van der Waals surface area contributed by atoms with Gasteiger partial charge in [0, 0.05) is 19.2 Å². The molecule has 0 bridgehead atoms. The molecule has 0 saturated carbocycles. The van der Waals surface area contributed by atoms with Crippen LogP contribution in [-0.4, -0.2) is 36.7 Å². The third-order valence-electron chi connectivity index (χ3n) is 4.26. The monoisotopic (exact) mass is 419 g/mol. The van der Waals surface area contributed by atoms with Gasteiger partial charge in [0.15, 0.2) is 5.13 Å². The van der Waals surface area contributed by atoms with Gasteiger partial charge < -0.3 is 0 Å². The van der Waals surface area contributed by atoms with E-state index in [-0.39, 0.29) is 10.8 Å². The van der Waals surface area contributed by atoms with Gasteiger partial charge in [-0.2, -0.15) is 15.6 Å².